The molecule has 14 heavy (non-hydrogen) atoms. The number of hydrogen-bond acceptors (Lipinski definition) is 2. The molecule has 2 amide bonds. The van der Waals surface area contributed by atoms with E-state index in [-0.39, 0.29) is 6.03 Å². The second-order valence-electron chi connectivity index (χ2n) is 3.74. The lowest BCUT2D eigenvalue weighted by atomic mass is 10.1. The molecule has 0 atom stereocenters. The fourth-order valence-corrected chi connectivity index (χ4v) is 1.04. The Morgan fingerprint density at radius 2 is 1.86 bits per heavy atom. The maximum atomic E-state index is 11.5. The Kier molecular flexibility index (Phi) is 2.78. The van der Waals surface area contributed by atoms with Gasteiger partial charge in [0, 0.05) is 13.1 Å². The average Bonchev–Trinajstić information content (AvgIpc) is 2.54. The van der Waals surface area contributed by atoms with E-state index >= 15 is 0 Å². The first-order valence-electron chi connectivity index (χ1n) is 4.39. The van der Waals surface area contributed by atoms with Crippen LogP contribution in [0.3, 0.4) is 0 Å². The number of urea groups is 1. The Labute approximate surface area is 82.4 Å². The predicted molar refractivity (Wildman–Crippen MR) is 51.0 cm³/mol. The van der Waals surface area contributed by atoms with Crippen LogP contribution in [0.2, 0.25) is 0 Å². The predicted octanol–water partition coefficient (Wildman–Crippen LogP) is 0.431. The van der Waals surface area contributed by atoms with Crippen molar-refractivity contribution in [1.82, 2.24) is 10.2 Å². The van der Waals surface area contributed by atoms with Crippen LogP contribution >= 0.6 is 0 Å². The molecule has 0 saturated heterocycles. The Hall–Kier alpha value is -1.52. The first-order chi connectivity index (χ1) is 6.43. The molecule has 78 valence electrons. The van der Waals surface area contributed by atoms with Gasteiger partial charge in [-0.25, -0.2) is 9.59 Å². The van der Waals surface area contributed by atoms with Crippen molar-refractivity contribution in [2.45, 2.75) is 19.4 Å². The fraction of sp³-hybridized carbons (Fsp3) is 0.556. The highest BCUT2D eigenvalue weighted by molar-refractivity contribution is 5.85. The van der Waals surface area contributed by atoms with Gasteiger partial charge in [0.15, 0.2) is 0 Å². The summed E-state index contributed by atoms with van der Waals surface area (Å²) in [4.78, 5) is 23.7. The zero-order chi connectivity index (χ0) is 10.8. The lowest BCUT2D eigenvalue weighted by Gasteiger charge is -2.25. The highest BCUT2D eigenvalue weighted by atomic mass is 16.4. The van der Waals surface area contributed by atoms with Crippen LogP contribution in [0.5, 0.6) is 0 Å². The summed E-state index contributed by atoms with van der Waals surface area (Å²) >= 11 is 0. The van der Waals surface area contributed by atoms with E-state index in [4.69, 9.17) is 5.11 Å². The van der Waals surface area contributed by atoms with Gasteiger partial charge in [0.2, 0.25) is 0 Å². The molecule has 0 bridgehead atoms. The summed E-state index contributed by atoms with van der Waals surface area (Å²) in [5, 5.41) is 11.2. The van der Waals surface area contributed by atoms with Crippen LogP contribution in [0, 0.1) is 0 Å². The summed E-state index contributed by atoms with van der Waals surface area (Å²) in [5.74, 6) is -1.04. The number of aliphatic carboxylic acids is 1. The van der Waals surface area contributed by atoms with Gasteiger partial charge in [0.25, 0.3) is 0 Å². The van der Waals surface area contributed by atoms with Crippen LogP contribution in [0.25, 0.3) is 0 Å². The minimum absolute atomic E-state index is 0.345. The van der Waals surface area contributed by atoms with Crippen LogP contribution in [-0.2, 0) is 4.79 Å². The van der Waals surface area contributed by atoms with Gasteiger partial charge < -0.3 is 15.3 Å². The highest BCUT2D eigenvalue weighted by Crippen LogP contribution is 2.05. The zero-order valence-corrected chi connectivity index (χ0v) is 8.28. The van der Waals surface area contributed by atoms with Crippen molar-refractivity contribution in [3.63, 3.8) is 0 Å². The number of amides is 2. The van der Waals surface area contributed by atoms with Crippen LogP contribution in [0.15, 0.2) is 12.2 Å². The molecule has 0 spiro atoms. The molecule has 0 aromatic carbocycles. The normalized spacial score (nSPS) is 15.7. The summed E-state index contributed by atoms with van der Waals surface area (Å²) in [6.45, 7) is 4.00. The third-order valence-corrected chi connectivity index (χ3v) is 2.06. The zero-order valence-electron chi connectivity index (χ0n) is 8.28. The number of hydrogen-bond donors (Lipinski definition) is 2. The molecule has 0 aromatic heterocycles. The summed E-state index contributed by atoms with van der Waals surface area (Å²) in [6, 6.07) is -0.345. The molecular weight excluding hydrogens is 184 g/mol. The van der Waals surface area contributed by atoms with Crippen LogP contribution in [0.1, 0.15) is 13.8 Å². The summed E-state index contributed by atoms with van der Waals surface area (Å²) in [7, 11) is 0. The number of carboxylic acids is 1. The molecule has 0 aliphatic carbocycles. The van der Waals surface area contributed by atoms with Crippen LogP contribution < -0.4 is 5.32 Å². The van der Waals surface area contributed by atoms with E-state index < -0.39 is 11.5 Å². The number of rotatable bonds is 2. The van der Waals surface area contributed by atoms with Crippen LogP contribution in [-0.4, -0.2) is 40.6 Å². The fourth-order valence-electron chi connectivity index (χ4n) is 1.04. The molecule has 0 aromatic rings. The van der Waals surface area contributed by atoms with E-state index in [0.717, 1.165) is 0 Å². The maximum absolute atomic E-state index is 11.5. The summed E-state index contributed by atoms with van der Waals surface area (Å²) in [6.07, 6.45) is 3.74. The molecule has 5 heteroatoms. The van der Waals surface area contributed by atoms with Gasteiger partial charge in [-0.15, -0.1) is 0 Å². The van der Waals surface area contributed by atoms with Crippen molar-refractivity contribution in [1.29, 1.82) is 0 Å². The van der Waals surface area contributed by atoms with Crippen LogP contribution in [0.4, 0.5) is 4.79 Å². The second kappa shape index (κ2) is 3.69. The maximum Gasteiger partial charge on any atom is 0.328 e. The lowest BCUT2D eigenvalue weighted by molar-refractivity contribution is -0.143. The molecular formula is C9H14N2O3. The molecule has 1 aliphatic heterocycles. The number of nitrogens with one attached hydrogen (secondary N) is 1. The molecule has 1 heterocycles. The smallest absolute Gasteiger partial charge is 0.328 e. The molecule has 1 rings (SSSR count). The minimum Gasteiger partial charge on any atom is -0.480 e. The van der Waals surface area contributed by atoms with Crippen molar-refractivity contribution in [2.75, 3.05) is 13.1 Å². The van der Waals surface area contributed by atoms with E-state index in [1.54, 1.807) is 0 Å². The van der Waals surface area contributed by atoms with Gasteiger partial charge >= 0.3 is 12.0 Å². The molecule has 5 nitrogen and oxygen atoms in total. The Morgan fingerprint density at radius 1 is 1.36 bits per heavy atom. The van der Waals surface area contributed by atoms with Gasteiger partial charge in [0.05, 0.1) is 0 Å². The Morgan fingerprint density at radius 3 is 2.29 bits per heavy atom. The molecule has 1 aliphatic rings. The topological polar surface area (TPSA) is 69.6 Å². The van der Waals surface area contributed by atoms with Gasteiger partial charge in [-0.05, 0) is 13.8 Å². The first-order valence-corrected chi connectivity index (χ1v) is 4.39. The average molecular weight is 198 g/mol. The molecule has 0 fully saturated rings. The molecule has 0 radical (unpaired) electrons. The quantitative estimate of drug-likeness (QED) is 0.632. The minimum atomic E-state index is -1.22. The van der Waals surface area contributed by atoms with E-state index in [2.05, 4.69) is 5.32 Å². The second-order valence-corrected chi connectivity index (χ2v) is 3.74. The lowest BCUT2D eigenvalue weighted by Crippen LogP contribution is -2.53. The Balaban J connectivity index is 2.51. The van der Waals surface area contributed by atoms with E-state index in [1.807, 2.05) is 12.2 Å². The number of nitrogens with zero attached hydrogens (tertiary/aromatic N) is 1. The summed E-state index contributed by atoms with van der Waals surface area (Å²) in [5.41, 5.74) is -1.22. The van der Waals surface area contributed by atoms with Crippen molar-refractivity contribution in [2.24, 2.45) is 0 Å². The summed E-state index contributed by atoms with van der Waals surface area (Å²) < 4.78 is 0. The standard InChI is InChI=1S/C9H14N2O3/c1-9(2,7(12)13)10-8(14)11-5-3-4-6-11/h3-4H,5-6H2,1-2H3,(H,10,14)(H,12,13). The first kappa shape index (κ1) is 10.6. The van der Waals surface area contributed by atoms with Gasteiger partial charge in [-0.3, -0.25) is 0 Å². The number of carboxylic acid groups (broad SMARTS) is 1. The van der Waals surface area contributed by atoms with Crippen molar-refractivity contribution in [3.05, 3.63) is 12.2 Å². The van der Waals surface area contributed by atoms with E-state index in [0.29, 0.717) is 13.1 Å². The molecule has 0 saturated carbocycles. The number of carbonyl (C=O) groups excluding carboxylic acids is 1. The highest BCUT2D eigenvalue weighted by Gasteiger charge is 2.30. The molecule has 0 unspecified atom stereocenters. The molecule has 2 N–H and O–H groups in total. The van der Waals surface area contributed by atoms with E-state index in [9.17, 15) is 9.59 Å². The monoisotopic (exact) mass is 198 g/mol. The SMILES string of the molecule is CC(C)(NC(=O)N1CC=CC1)C(=O)O. The van der Waals surface area contributed by atoms with Crippen molar-refractivity contribution in [3.8, 4) is 0 Å². The van der Waals surface area contributed by atoms with Crippen molar-refractivity contribution >= 4 is 12.0 Å². The van der Waals surface area contributed by atoms with Crippen molar-refractivity contribution < 1.29 is 14.7 Å². The largest absolute Gasteiger partial charge is 0.480 e. The van der Waals surface area contributed by atoms with Gasteiger partial charge in [-0.1, -0.05) is 12.2 Å². The third kappa shape index (κ3) is 2.25. The van der Waals surface area contributed by atoms with Gasteiger partial charge in [-0.2, -0.15) is 0 Å². The van der Waals surface area contributed by atoms with Gasteiger partial charge in [0.1, 0.15) is 5.54 Å². The van der Waals surface area contributed by atoms with E-state index in [1.165, 1.54) is 18.7 Å². The number of carbonyl (C=O) groups is 2. The third-order valence-electron chi connectivity index (χ3n) is 2.06. The Bertz CT molecular complexity index is 276.